The molecule has 2 aromatic rings. The Morgan fingerprint density at radius 2 is 1.79 bits per heavy atom. The highest BCUT2D eigenvalue weighted by Gasteiger charge is 2.36. The number of hydrogen-bond acceptors (Lipinski definition) is 4. The van der Waals surface area contributed by atoms with Gasteiger partial charge in [-0.3, -0.25) is 0 Å². The van der Waals surface area contributed by atoms with Crippen LogP contribution in [-0.4, -0.2) is 72.2 Å². The van der Waals surface area contributed by atoms with Gasteiger partial charge in [-0.15, -0.1) is 0 Å². The number of nitrogens with zero attached hydrogens (tertiary/aromatic N) is 3. The lowest BCUT2D eigenvalue weighted by molar-refractivity contribution is 0.139. The number of hydrogen-bond donors (Lipinski definition) is 1. The molecular weight excluding hydrogens is 420 g/mol. The number of nitrogens with one attached hydrogen (secondary N) is 1. The highest BCUT2D eigenvalue weighted by Crippen LogP contribution is 2.33. The summed E-state index contributed by atoms with van der Waals surface area (Å²) in [7, 11) is 0. The number of likely N-dealkylation sites (tertiary alicyclic amines) is 1. The lowest BCUT2D eigenvalue weighted by atomic mass is 10.0. The number of anilines is 1. The van der Waals surface area contributed by atoms with Crippen molar-refractivity contribution in [3.8, 4) is 11.5 Å². The van der Waals surface area contributed by atoms with Crippen LogP contribution in [0.15, 0.2) is 42.5 Å². The van der Waals surface area contributed by atoms with E-state index in [2.05, 4.69) is 30.4 Å². The molecule has 0 atom stereocenters. The topological polar surface area (TPSA) is 74.3 Å². The van der Waals surface area contributed by atoms with Gasteiger partial charge in [-0.2, -0.15) is 0 Å². The predicted octanol–water partition coefficient (Wildman–Crippen LogP) is 3.70. The summed E-state index contributed by atoms with van der Waals surface area (Å²) in [6, 6.07) is 13.9. The molecule has 3 aliphatic rings. The normalized spacial score (nSPS) is 18.6. The first-order valence-corrected chi connectivity index (χ1v) is 11.6. The second-order valence-electron chi connectivity index (χ2n) is 8.89. The summed E-state index contributed by atoms with van der Waals surface area (Å²) in [5.41, 5.74) is 3.06. The predicted molar refractivity (Wildman–Crippen MR) is 125 cm³/mol. The fourth-order valence-corrected chi connectivity index (χ4v) is 4.82. The fraction of sp³-hybridized carbons (Fsp3) is 0.440. The minimum Gasteiger partial charge on any atom is -0.486 e. The molecule has 0 bridgehead atoms. The Hall–Kier alpha value is -3.42. The molecule has 2 fully saturated rings. The van der Waals surface area contributed by atoms with Gasteiger partial charge in [-0.25, -0.2) is 9.59 Å². The van der Waals surface area contributed by atoms with Gasteiger partial charge in [-0.1, -0.05) is 29.8 Å². The lowest BCUT2D eigenvalue weighted by Crippen LogP contribution is -2.49. The maximum Gasteiger partial charge on any atom is 0.321 e. The number of fused-ring (bicyclic) bond motifs is 1. The Balaban J connectivity index is 1.12. The van der Waals surface area contributed by atoms with Crippen LogP contribution in [0.2, 0.25) is 0 Å². The molecule has 3 heterocycles. The molecule has 5 rings (SSSR count). The van der Waals surface area contributed by atoms with E-state index in [1.54, 1.807) is 6.07 Å². The van der Waals surface area contributed by atoms with Gasteiger partial charge in [0.25, 0.3) is 0 Å². The molecule has 0 unspecified atom stereocenters. The first-order valence-electron chi connectivity index (χ1n) is 11.6. The van der Waals surface area contributed by atoms with Crippen molar-refractivity contribution < 1.29 is 19.1 Å². The Bertz CT molecular complexity index is 1030. The van der Waals surface area contributed by atoms with Crippen LogP contribution < -0.4 is 14.8 Å². The zero-order valence-corrected chi connectivity index (χ0v) is 19.0. The summed E-state index contributed by atoms with van der Waals surface area (Å²) in [4.78, 5) is 31.5. The Kier molecular flexibility index (Phi) is 5.98. The third-order valence-electron chi connectivity index (χ3n) is 6.57. The van der Waals surface area contributed by atoms with Crippen LogP contribution >= 0.6 is 0 Å². The van der Waals surface area contributed by atoms with Crippen molar-refractivity contribution in [1.82, 2.24) is 14.7 Å². The van der Waals surface area contributed by atoms with Crippen LogP contribution in [0.3, 0.4) is 0 Å². The molecule has 0 aliphatic carbocycles. The minimum absolute atomic E-state index is 0.107. The quantitative estimate of drug-likeness (QED) is 0.771. The van der Waals surface area contributed by atoms with E-state index in [9.17, 15) is 9.59 Å². The van der Waals surface area contributed by atoms with Gasteiger partial charge in [0.2, 0.25) is 0 Å². The number of carbonyl (C=O) groups excluding carboxylic acids is 2. The zero-order chi connectivity index (χ0) is 22.8. The van der Waals surface area contributed by atoms with E-state index in [1.165, 1.54) is 5.56 Å². The van der Waals surface area contributed by atoms with Gasteiger partial charge in [0.05, 0.1) is 0 Å². The SMILES string of the molecule is Cc1cccc(CN2CCN(C3CCN(C(=O)Nc4ccc5c(c4)OCCO5)CC3)C2=O)c1. The third kappa shape index (κ3) is 4.69. The number of rotatable bonds is 4. The highest BCUT2D eigenvalue weighted by molar-refractivity contribution is 5.89. The molecule has 1 N–H and O–H groups in total. The van der Waals surface area contributed by atoms with Gasteiger partial charge in [-0.05, 0) is 37.5 Å². The maximum atomic E-state index is 13.0. The van der Waals surface area contributed by atoms with Crippen molar-refractivity contribution in [3.05, 3.63) is 53.6 Å². The standard InChI is InChI=1S/C25H30N4O4/c1-18-3-2-4-19(15-18)17-28-11-12-29(25(28)31)21-7-9-27(10-8-21)24(30)26-20-5-6-22-23(16-20)33-14-13-32-22/h2-6,15-16,21H,7-14,17H2,1H3,(H,26,30). The number of benzene rings is 2. The Morgan fingerprint density at radius 1 is 1.00 bits per heavy atom. The molecule has 33 heavy (non-hydrogen) atoms. The van der Waals surface area contributed by atoms with Crippen LogP contribution in [-0.2, 0) is 6.54 Å². The average molecular weight is 451 g/mol. The molecule has 0 saturated carbocycles. The Morgan fingerprint density at radius 3 is 2.58 bits per heavy atom. The smallest absolute Gasteiger partial charge is 0.321 e. The third-order valence-corrected chi connectivity index (χ3v) is 6.57. The van der Waals surface area contributed by atoms with Crippen LogP contribution in [0.5, 0.6) is 11.5 Å². The van der Waals surface area contributed by atoms with Crippen molar-refractivity contribution in [1.29, 1.82) is 0 Å². The summed E-state index contributed by atoms with van der Waals surface area (Å²) < 4.78 is 11.1. The number of urea groups is 2. The monoisotopic (exact) mass is 450 g/mol. The molecule has 2 aromatic carbocycles. The molecule has 0 aromatic heterocycles. The highest BCUT2D eigenvalue weighted by atomic mass is 16.6. The molecular formula is C25H30N4O4. The van der Waals surface area contributed by atoms with Gasteiger partial charge in [0, 0.05) is 50.5 Å². The van der Waals surface area contributed by atoms with Crippen LogP contribution in [0, 0.1) is 6.92 Å². The molecule has 4 amide bonds. The molecule has 8 nitrogen and oxygen atoms in total. The molecule has 0 radical (unpaired) electrons. The first kappa shape index (κ1) is 21.4. The number of amides is 4. The number of aryl methyl sites for hydroxylation is 1. The Labute approximate surface area is 194 Å². The van der Waals surface area contributed by atoms with E-state index in [4.69, 9.17) is 9.47 Å². The molecule has 8 heteroatoms. The largest absolute Gasteiger partial charge is 0.486 e. The van der Waals surface area contributed by atoms with E-state index in [0.29, 0.717) is 50.0 Å². The van der Waals surface area contributed by atoms with Crippen LogP contribution in [0.25, 0.3) is 0 Å². The number of carbonyl (C=O) groups is 2. The van der Waals surface area contributed by atoms with Crippen molar-refractivity contribution in [3.63, 3.8) is 0 Å². The van der Waals surface area contributed by atoms with E-state index < -0.39 is 0 Å². The van der Waals surface area contributed by atoms with E-state index in [1.807, 2.05) is 32.9 Å². The molecule has 0 spiro atoms. The van der Waals surface area contributed by atoms with Crippen molar-refractivity contribution in [2.45, 2.75) is 32.4 Å². The summed E-state index contributed by atoms with van der Waals surface area (Å²) in [5, 5.41) is 2.96. The first-order chi connectivity index (χ1) is 16.1. The van der Waals surface area contributed by atoms with Gasteiger partial charge in [0.1, 0.15) is 13.2 Å². The van der Waals surface area contributed by atoms with Gasteiger partial charge >= 0.3 is 12.1 Å². The van der Waals surface area contributed by atoms with E-state index in [0.717, 1.165) is 31.5 Å². The molecule has 2 saturated heterocycles. The van der Waals surface area contributed by atoms with Crippen LogP contribution in [0.1, 0.15) is 24.0 Å². The molecule has 3 aliphatic heterocycles. The van der Waals surface area contributed by atoms with E-state index in [-0.39, 0.29) is 18.1 Å². The second-order valence-corrected chi connectivity index (χ2v) is 8.89. The lowest BCUT2D eigenvalue weighted by Gasteiger charge is -2.36. The minimum atomic E-state index is -0.126. The van der Waals surface area contributed by atoms with E-state index >= 15 is 0 Å². The van der Waals surface area contributed by atoms with Crippen molar-refractivity contribution in [2.24, 2.45) is 0 Å². The van der Waals surface area contributed by atoms with Crippen molar-refractivity contribution >= 4 is 17.7 Å². The maximum absolute atomic E-state index is 13.0. The molecule has 174 valence electrons. The summed E-state index contributed by atoms with van der Waals surface area (Å²) in [6.45, 7) is 6.52. The van der Waals surface area contributed by atoms with Gasteiger partial charge < -0.3 is 29.5 Å². The summed E-state index contributed by atoms with van der Waals surface area (Å²) in [5.74, 6) is 1.35. The average Bonchev–Trinajstić information content (AvgIpc) is 3.19. The van der Waals surface area contributed by atoms with Crippen LogP contribution in [0.4, 0.5) is 15.3 Å². The second kappa shape index (κ2) is 9.21. The number of piperidine rings is 1. The fourth-order valence-electron chi connectivity index (χ4n) is 4.82. The number of ether oxygens (including phenoxy) is 2. The summed E-state index contributed by atoms with van der Waals surface area (Å²) >= 11 is 0. The van der Waals surface area contributed by atoms with Crippen molar-refractivity contribution in [2.75, 3.05) is 44.7 Å². The van der Waals surface area contributed by atoms with Gasteiger partial charge in [0.15, 0.2) is 11.5 Å². The zero-order valence-electron chi connectivity index (χ0n) is 19.0. The summed E-state index contributed by atoms with van der Waals surface area (Å²) in [6.07, 6.45) is 1.58.